The Morgan fingerprint density at radius 2 is 1.65 bits per heavy atom. The molecule has 8 nitrogen and oxygen atoms in total. The summed E-state index contributed by atoms with van der Waals surface area (Å²) in [7, 11) is 0. The zero-order chi connectivity index (χ0) is 32.9. The normalized spacial score (nSPS) is 15.7. The number of alkyl halides is 6. The van der Waals surface area contributed by atoms with Gasteiger partial charge in [-0.3, -0.25) is 9.59 Å². The average Bonchev–Trinajstić information content (AvgIpc) is 3.78. The molecule has 1 aliphatic carbocycles. The molecule has 0 spiro atoms. The number of halogens is 7. The minimum Gasteiger partial charge on any atom is -0.406 e. The standard InChI is InChI=1S/C31H24ClF6N5O3/c32-23-9-2-17(16-39-28(45)29(10-11-29)30(33,34)35)14-22(23)27(44)40-19-5-8-21-24(15-19)41-25(42-26(21)43-12-1-13-43)18-3-6-20(7-4-18)46-31(36,37)38/h2-9,14-15H,1,10-13,16H2,(H,39,45)(H,40,44). The molecule has 1 saturated carbocycles. The Morgan fingerprint density at radius 3 is 2.26 bits per heavy atom. The van der Waals surface area contributed by atoms with E-state index >= 15 is 0 Å². The fourth-order valence-corrected chi connectivity index (χ4v) is 5.27. The number of amides is 2. The molecular weight excluding hydrogens is 640 g/mol. The van der Waals surface area contributed by atoms with Gasteiger partial charge in [0.15, 0.2) is 5.82 Å². The van der Waals surface area contributed by atoms with Gasteiger partial charge in [-0.15, -0.1) is 13.2 Å². The number of anilines is 2. The summed E-state index contributed by atoms with van der Waals surface area (Å²) in [6.45, 7) is 1.29. The molecule has 4 aromatic rings. The van der Waals surface area contributed by atoms with E-state index in [0.29, 0.717) is 33.5 Å². The van der Waals surface area contributed by atoms with Gasteiger partial charge < -0.3 is 20.3 Å². The molecule has 3 aromatic carbocycles. The smallest absolute Gasteiger partial charge is 0.406 e. The number of nitrogens with zero attached hydrogens (tertiary/aromatic N) is 3. The second kappa shape index (κ2) is 11.6. The molecule has 0 atom stereocenters. The highest BCUT2D eigenvalue weighted by atomic mass is 35.5. The van der Waals surface area contributed by atoms with Crippen LogP contribution in [-0.2, 0) is 11.3 Å². The highest BCUT2D eigenvalue weighted by Gasteiger charge is 2.68. The summed E-state index contributed by atoms with van der Waals surface area (Å²) < 4.78 is 81.6. The van der Waals surface area contributed by atoms with Crippen molar-refractivity contribution in [3.05, 3.63) is 76.8 Å². The number of ether oxygens (including phenoxy) is 1. The fourth-order valence-electron chi connectivity index (χ4n) is 5.07. The molecule has 0 unspecified atom stereocenters. The molecule has 240 valence electrons. The van der Waals surface area contributed by atoms with Crippen LogP contribution >= 0.6 is 11.6 Å². The maximum atomic E-state index is 13.3. The van der Waals surface area contributed by atoms with E-state index in [0.717, 1.165) is 19.5 Å². The zero-order valence-corrected chi connectivity index (χ0v) is 24.5. The van der Waals surface area contributed by atoms with Gasteiger partial charge in [-0.1, -0.05) is 17.7 Å². The number of carbonyl (C=O) groups excluding carboxylic acids is 2. The number of benzene rings is 3. The molecule has 1 aliphatic heterocycles. The van der Waals surface area contributed by atoms with Crippen molar-refractivity contribution in [2.45, 2.75) is 38.3 Å². The summed E-state index contributed by atoms with van der Waals surface area (Å²) in [6.07, 6.45) is -9.04. The quantitative estimate of drug-likeness (QED) is 0.193. The molecule has 2 fully saturated rings. The first-order valence-corrected chi connectivity index (χ1v) is 14.5. The fraction of sp³-hybridized carbons (Fsp3) is 0.290. The molecule has 0 radical (unpaired) electrons. The van der Waals surface area contributed by atoms with E-state index < -0.39 is 29.8 Å². The van der Waals surface area contributed by atoms with Crippen LogP contribution in [0, 0.1) is 5.41 Å². The topological polar surface area (TPSA) is 96.5 Å². The molecule has 15 heteroatoms. The van der Waals surface area contributed by atoms with Gasteiger partial charge in [-0.2, -0.15) is 13.2 Å². The van der Waals surface area contributed by atoms with Crippen molar-refractivity contribution in [1.82, 2.24) is 15.3 Å². The molecule has 0 bridgehead atoms. The van der Waals surface area contributed by atoms with Crippen molar-refractivity contribution in [2.75, 3.05) is 23.3 Å². The number of hydrogen-bond donors (Lipinski definition) is 2. The second-order valence-corrected chi connectivity index (χ2v) is 11.5. The predicted octanol–water partition coefficient (Wildman–Crippen LogP) is 7.27. The summed E-state index contributed by atoms with van der Waals surface area (Å²) >= 11 is 6.28. The van der Waals surface area contributed by atoms with E-state index in [1.165, 1.54) is 42.5 Å². The lowest BCUT2D eigenvalue weighted by molar-refractivity contribution is -0.274. The number of aromatic nitrogens is 2. The van der Waals surface area contributed by atoms with E-state index in [1.807, 2.05) is 4.90 Å². The third kappa shape index (κ3) is 6.39. The minimum atomic E-state index is -4.83. The first-order chi connectivity index (χ1) is 21.7. The Labute approximate surface area is 262 Å². The lowest BCUT2D eigenvalue weighted by Crippen LogP contribution is -2.40. The van der Waals surface area contributed by atoms with Gasteiger partial charge in [0, 0.05) is 36.3 Å². The van der Waals surface area contributed by atoms with Crippen LogP contribution < -0.4 is 20.3 Å². The van der Waals surface area contributed by atoms with Crippen LogP contribution in [0.15, 0.2) is 60.7 Å². The predicted molar refractivity (Wildman–Crippen MR) is 157 cm³/mol. The first-order valence-electron chi connectivity index (χ1n) is 14.1. The molecule has 2 heterocycles. The summed E-state index contributed by atoms with van der Waals surface area (Å²) in [5, 5.41) is 5.84. The third-order valence-corrected chi connectivity index (χ3v) is 8.22. The van der Waals surface area contributed by atoms with Crippen molar-refractivity contribution in [3.63, 3.8) is 0 Å². The minimum absolute atomic E-state index is 0.0382. The van der Waals surface area contributed by atoms with Crippen molar-refractivity contribution >= 4 is 45.8 Å². The number of fused-ring (bicyclic) bond motifs is 1. The average molecular weight is 664 g/mol. The van der Waals surface area contributed by atoms with Crippen molar-refractivity contribution in [1.29, 1.82) is 0 Å². The zero-order valence-electron chi connectivity index (χ0n) is 23.7. The van der Waals surface area contributed by atoms with E-state index in [4.69, 9.17) is 11.6 Å². The van der Waals surface area contributed by atoms with Gasteiger partial charge in [-0.05, 0) is 79.4 Å². The third-order valence-electron chi connectivity index (χ3n) is 7.89. The van der Waals surface area contributed by atoms with E-state index in [2.05, 4.69) is 25.3 Å². The van der Waals surface area contributed by atoms with Crippen molar-refractivity contribution in [3.8, 4) is 17.1 Å². The number of rotatable bonds is 8. The molecular formula is C31H24ClF6N5O3. The van der Waals surface area contributed by atoms with Gasteiger partial charge in [0.2, 0.25) is 5.91 Å². The van der Waals surface area contributed by atoms with Gasteiger partial charge in [0.25, 0.3) is 5.91 Å². The van der Waals surface area contributed by atoms with Crippen LogP contribution in [0.3, 0.4) is 0 Å². The van der Waals surface area contributed by atoms with Crippen molar-refractivity contribution in [2.24, 2.45) is 5.41 Å². The SMILES string of the molecule is O=C(Nc1ccc2c(N3CCC3)nc(-c3ccc(OC(F)(F)F)cc3)nc2c1)c1cc(CNC(=O)C2(C(F)(F)F)CC2)ccc1Cl. The maximum absolute atomic E-state index is 13.3. The van der Waals surface area contributed by atoms with Gasteiger partial charge in [-0.25, -0.2) is 9.97 Å². The Kier molecular flexibility index (Phi) is 7.95. The molecule has 1 aromatic heterocycles. The van der Waals surface area contributed by atoms with Crippen molar-refractivity contribution < 1.29 is 40.7 Å². The lowest BCUT2D eigenvalue weighted by atomic mass is 10.1. The number of hydrogen-bond acceptors (Lipinski definition) is 6. The maximum Gasteiger partial charge on any atom is 0.573 e. The van der Waals surface area contributed by atoms with E-state index in [9.17, 15) is 35.9 Å². The molecule has 2 aliphatic rings. The summed E-state index contributed by atoms with van der Waals surface area (Å²) in [4.78, 5) is 36.8. The van der Waals surface area contributed by atoms with Crippen LogP contribution in [0.2, 0.25) is 5.02 Å². The van der Waals surface area contributed by atoms with Gasteiger partial charge in [0.1, 0.15) is 17.0 Å². The number of carbonyl (C=O) groups is 2. The van der Waals surface area contributed by atoms with Crippen LogP contribution in [-0.4, -0.2) is 47.4 Å². The van der Waals surface area contributed by atoms with Crippen LogP contribution in [0.4, 0.5) is 37.8 Å². The molecule has 2 N–H and O–H groups in total. The largest absolute Gasteiger partial charge is 0.573 e. The summed E-state index contributed by atoms with van der Waals surface area (Å²) in [5.41, 5.74) is -0.688. The molecule has 2 amide bonds. The highest BCUT2D eigenvalue weighted by molar-refractivity contribution is 6.34. The van der Waals surface area contributed by atoms with Crippen LogP contribution in [0.1, 0.15) is 35.2 Å². The first kappa shape index (κ1) is 31.4. The van der Waals surface area contributed by atoms with Gasteiger partial charge in [0.05, 0.1) is 16.1 Å². The molecule has 1 saturated heterocycles. The summed E-state index contributed by atoms with van der Waals surface area (Å²) in [5.74, 6) is -1.21. The Balaban J connectivity index is 1.23. The number of nitrogens with one attached hydrogen (secondary N) is 2. The summed E-state index contributed by atoms with van der Waals surface area (Å²) in [6, 6.07) is 14.5. The Morgan fingerprint density at radius 1 is 0.935 bits per heavy atom. The van der Waals surface area contributed by atoms with Gasteiger partial charge >= 0.3 is 12.5 Å². The highest BCUT2D eigenvalue weighted by Crippen LogP contribution is 2.57. The Bertz CT molecular complexity index is 1820. The second-order valence-electron chi connectivity index (χ2n) is 11.0. The van der Waals surface area contributed by atoms with E-state index in [1.54, 1.807) is 18.2 Å². The Hall–Kier alpha value is -4.59. The van der Waals surface area contributed by atoms with E-state index in [-0.39, 0.29) is 41.5 Å². The molecule has 6 rings (SSSR count). The molecule has 46 heavy (non-hydrogen) atoms. The lowest BCUT2D eigenvalue weighted by Gasteiger charge is -2.33. The van der Waals surface area contributed by atoms with Crippen LogP contribution in [0.5, 0.6) is 5.75 Å². The van der Waals surface area contributed by atoms with Crippen LogP contribution in [0.25, 0.3) is 22.3 Å². The monoisotopic (exact) mass is 663 g/mol.